The lowest BCUT2D eigenvalue weighted by atomic mass is 9.96. The molecule has 3 rings (SSSR count). The van der Waals surface area contributed by atoms with Crippen LogP contribution in [0.4, 0.5) is 0 Å². The van der Waals surface area contributed by atoms with E-state index in [-0.39, 0.29) is 18.9 Å². The van der Waals surface area contributed by atoms with Crippen molar-refractivity contribution in [3.05, 3.63) is 85.1 Å². The predicted octanol–water partition coefficient (Wildman–Crippen LogP) is 9.10. The molecule has 0 bridgehead atoms. The second-order valence-corrected chi connectivity index (χ2v) is 24.6. The molecule has 3 aliphatic rings. The van der Waals surface area contributed by atoms with Gasteiger partial charge in [0.2, 0.25) is 5.91 Å². The highest BCUT2D eigenvalue weighted by Crippen LogP contribution is 2.33. The van der Waals surface area contributed by atoms with Crippen LogP contribution in [0.5, 0.6) is 0 Å². The number of allylic oxidation sites excluding steroid dienone is 13. The molecule has 3 fully saturated rings. The molecule has 17 atom stereocenters. The third-order valence-corrected chi connectivity index (χ3v) is 16.9. The first-order valence-corrected chi connectivity index (χ1v) is 34.8. The van der Waals surface area contributed by atoms with Gasteiger partial charge in [-0.15, -0.1) is 0 Å². The van der Waals surface area contributed by atoms with Crippen molar-refractivity contribution >= 4 is 5.91 Å². The lowest BCUT2D eigenvalue weighted by molar-refractivity contribution is -0.379. The van der Waals surface area contributed by atoms with Gasteiger partial charge in [0, 0.05) is 6.42 Å². The van der Waals surface area contributed by atoms with E-state index in [0.717, 1.165) is 70.6 Å². The van der Waals surface area contributed by atoms with Crippen LogP contribution >= 0.6 is 0 Å². The fourth-order valence-corrected chi connectivity index (χ4v) is 11.3. The van der Waals surface area contributed by atoms with E-state index >= 15 is 0 Å². The molecule has 3 heterocycles. The molecule has 0 aliphatic carbocycles. The second kappa shape index (κ2) is 52.3. The summed E-state index contributed by atoms with van der Waals surface area (Å²) in [6.45, 7) is 1.58. The first-order chi connectivity index (χ1) is 43.8. The molecular weight excluding hydrogens is 1150 g/mol. The smallest absolute Gasteiger partial charge is 0.220 e. The summed E-state index contributed by atoms with van der Waals surface area (Å²) in [6.07, 6.45) is 39.9. The average Bonchev–Trinajstić information content (AvgIpc) is 1.05. The van der Waals surface area contributed by atoms with Crippen LogP contribution < -0.4 is 5.32 Å². The fourth-order valence-electron chi connectivity index (χ4n) is 11.3. The van der Waals surface area contributed by atoms with Gasteiger partial charge in [-0.2, -0.15) is 0 Å². The molecule has 17 unspecified atom stereocenters. The van der Waals surface area contributed by atoms with E-state index < -0.39 is 124 Å². The standard InChI is InChI=1S/C71H123NO18/c1-3-5-7-9-11-13-15-17-19-21-22-23-24-25-26-27-28-29-30-31-32-33-35-37-39-41-43-45-47-49-59(77)72-54(55(76)48-46-44-42-40-38-36-34-20-18-16-14-12-10-8-6-4-2)53-85-69-65(83)62(80)67(57(51-74)87-69)90-71-66(84)63(81)68(58(52-75)88-71)89-70-64(82)61(79)60(78)56(50-73)86-70/h5,7,11,13,17-20,22-23,38,40,46,48,54-58,60-71,73-76,78-84H,3-4,6,8-10,12,14-16,21,24-37,39,41-45,47,49-53H2,1-2H3,(H,72,77)/b7-5-,13-11-,19-17-,20-18+,23-22-,40-38+,48-46+. The zero-order chi connectivity index (χ0) is 65.4. The topological polar surface area (TPSA) is 307 Å². The minimum absolute atomic E-state index is 0.229. The van der Waals surface area contributed by atoms with Crippen molar-refractivity contribution < 1.29 is 89.4 Å². The van der Waals surface area contributed by atoms with Gasteiger partial charge in [-0.3, -0.25) is 4.79 Å². The Morgan fingerprint density at radius 1 is 0.411 bits per heavy atom. The van der Waals surface area contributed by atoms with Gasteiger partial charge in [0.1, 0.15) is 73.2 Å². The van der Waals surface area contributed by atoms with E-state index in [1.807, 2.05) is 6.08 Å². The fraction of sp³-hybridized carbons (Fsp3) is 0.789. The first kappa shape index (κ1) is 81.2. The summed E-state index contributed by atoms with van der Waals surface area (Å²) < 4.78 is 34.3. The van der Waals surface area contributed by atoms with Gasteiger partial charge >= 0.3 is 0 Å². The van der Waals surface area contributed by atoms with E-state index in [1.54, 1.807) is 6.08 Å². The first-order valence-electron chi connectivity index (χ1n) is 34.8. The highest BCUT2D eigenvalue weighted by Gasteiger charge is 2.53. The summed E-state index contributed by atoms with van der Waals surface area (Å²) in [5, 5.41) is 120. The third kappa shape index (κ3) is 33.9. The Morgan fingerprint density at radius 2 is 0.778 bits per heavy atom. The lowest BCUT2D eigenvalue weighted by Crippen LogP contribution is -2.66. The second-order valence-electron chi connectivity index (χ2n) is 24.6. The molecule has 90 heavy (non-hydrogen) atoms. The normalized spacial score (nSPS) is 28.6. The van der Waals surface area contributed by atoms with Crippen molar-refractivity contribution in [1.82, 2.24) is 5.32 Å². The molecule has 0 spiro atoms. The lowest BCUT2D eigenvalue weighted by Gasteiger charge is -2.48. The molecule has 12 N–H and O–H groups in total. The zero-order valence-corrected chi connectivity index (χ0v) is 54.8. The molecule has 3 aliphatic heterocycles. The summed E-state index contributed by atoms with van der Waals surface area (Å²) in [4.78, 5) is 13.4. The SMILES string of the molecule is CC/C=C\C/C=C\C/C=C\C/C=C\CCCCCCCCCCCCCCCCCCC(=O)NC(COC1OC(CO)C(OC2OC(CO)C(OC3OC(CO)C(O)C(O)C3O)C(O)C2O)C(O)C1O)C(O)/C=C/CC/C=C/CC/C=C/CCCCCCCC. The number of aliphatic hydroxyl groups excluding tert-OH is 11. The van der Waals surface area contributed by atoms with Crippen molar-refractivity contribution in [1.29, 1.82) is 0 Å². The van der Waals surface area contributed by atoms with E-state index in [2.05, 4.69) is 92.1 Å². The number of nitrogens with one attached hydrogen (secondary N) is 1. The van der Waals surface area contributed by atoms with Gasteiger partial charge in [0.25, 0.3) is 0 Å². The number of rotatable bonds is 52. The molecule has 0 aromatic heterocycles. The van der Waals surface area contributed by atoms with Crippen LogP contribution in [-0.2, 0) is 33.2 Å². The molecule has 0 radical (unpaired) electrons. The Kier molecular flexibility index (Phi) is 47.2. The summed E-state index contributed by atoms with van der Waals surface area (Å²) in [6, 6.07) is -1.000. The molecule has 1 amide bonds. The summed E-state index contributed by atoms with van der Waals surface area (Å²) >= 11 is 0. The Bertz CT molecular complexity index is 1960. The molecular formula is C71H123NO18. The number of ether oxygens (including phenoxy) is 6. The summed E-state index contributed by atoms with van der Waals surface area (Å²) in [7, 11) is 0. The van der Waals surface area contributed by atoms with Crippen molar-refractivity contribution in [3.63, 3.8) is 0 Å². The molecule has 0 saturated carbocycles. The molecule has 520 valence electrons. The van der Waals surface area contributed by atoms with Crippen LogP contribution in [0.1, 0.15) is 226 Å². The zero-order valence-electron chi connectivity index (χ0n) is 54.8. The number of unbranched alkanes of at least 4 members (excludes halogenated alkanes) is 24. The average molecular weight is 1280 g/mol. The highest BCUT2D eigenvalue weighted by atomic mass is 16.8. The maximum atomic E-state index is 13.4. The monoisotopic (exact) mass is 1280 g/mol. The van der Waals surface area contributed by atoms with E-state index in [9.17, 15) is 61.0 Å². The van der Waals surface area contributed by atoms with Crippen molar-refractivity contribution in [2.24, 2.45) is 0 Å². The van der Waals surface area contributed by atoms with Crippen molar-refractivity contribution in [3.8, 4) is 0 Å². The van der Waals surface area contributed by atoms with Crippen LogP contribution in [0, 0.1) is 0 Å². The van der Waals surface area contributed by atoms with Crippen LogP contribution in [0.3, 0.4) is 0 Å². The number of amides is 1. The maximum Gasteiger partial charge on any atom is 0.220 e. The Balaban J connectivity index is 1.41. The minimum atomic E-state index is -1.98. The highest BCUT2D eigenvalue weighted by molar-refractivity contribution is 5.76. The van der Waals surface area contributed by atoms with Gasteiger partial charge in [-0.05, 0) is 83.5 Å². The van der Waals surface area contributed by atoms with Gasteiger partial charge in [0.05, 0.1) is 38.6 Å². The molecule has 3 saturated heterocycles. The number of hydrogen-bond acceptors (Lipinski definition) is 18. The minimum Gasteiger partial charge on any atom is -0.394 e. The summed E-state index contributed by atoms with van der Waals surface area (Å²) in [5.41, 5.74) is 0. The molecule has 0 aromatic carbocycles. The van der Waals surface area contributed by atoms with Gasteiger partial charge in [0.15, 0.2) is 18.9 Å². The van der Waals surface area contributed by atoms with Gasteiger partial charge in [-0.25, -0.2) is 0 Å². The molecule has 19 heteroatoms. The van der Waals surface area contributed by atoms with Gasteiger partial charge < -0.3 is 89.9 Å². The van der Waals surface area contributed by atoms with Crippen LogP contribution in [0.15, 0.2) is 85.1 Å². The van der Waals surface area contributed by atoms with E-state index in [1.165, 1.54) is 122 Å². The Hall–Kier alpha value is -3.03. The summed E-state index contributed by atoms with van der Waals surface area (Å²) in [5.74, 6) is -0.292. The molecule has 19 nitrogen and oxygen atoms in total. The van der Waals surface area contributed by atoms with Gasteiger partial charge in [-0.1, -0.05) is 221 Å². The van der Waals surface area contributed by atoms with Crippen LogP contribution in [-0.4, -0.2) is 193 Å². The predicted molar refractivity (Wildman–Crippen MR) is 351 cm³/mol. The van der Waals surface area contributed by atoms with Crippen LogP contribution in [0.25, 0.3) is 0 Å². The van der Waals surface area contributed by atoms with Crippen molar-refractivity contribution in [2.75, 3.05) is 26.4 Å². The van der Waals surface area contributed by atoms with Crippen LogP contribution in [0.2, 0.25) is 0 Å². The maximum absolute atomic E-state index is 13.4. The number of aliphatic hydroxyl groups is 11. The molecule has 0 aromatic rings. The number of carbonyl (C=O) groups is 1. The number of carbonyl (C=O) groups excluding carboxylic acids is 1. The largest absolute Gasteiger partial charge is 0.394 e. The quantitative estimate of drug-likeness (QED) is 0.0200. The third-order valence-electron chi connectivity index (χ3n) is 16.9. The Labute approximate surface area is 540 Å². The van der Waals surface area contributed by atoms with Crippen molar-refractivity contribution in [2.45, 2.75) is 330 Å². The Morgan fingerprint density at radius 3 is 1.24 bits per heavy atom. The van der Waals surface area contributed by atoms with E-state index in [4.69, 9.17) is 28.4 Å². The van der Waals surface area contributed by atoms with E-state index in [0.29, 0.717) is 12.8 Å². The number of hydrogen-bond donors (Lipinski definition) is 12.